The first-order chi connectivity index (χ1) is 15.3. The molecular weight excluding hydrogens is 403 g/mol. The molecule has 0 radical (unpaired) electrons. The minimum atomic E-state index is -1.30. The standard InChI is InChI=1S/C28H23FO3/c1-4-18-7-11-21(12-8-18)24-17-28(2,3)32-26-14-10-19(15-23(24)26)5-6-20-9-13-22(27(30)31)25(29)16-20/h7-17H,4H2,1-3H3,(H,30,31). The molecule has 1 aliphatic rings. The average molecular weight is 426 g/mol. The molecule has 3 nitrogen and oxygen atoms in total. The Morgan fingerprint density at radius 1 is 1.00 bits per heavy atom. The summed E-state index contributed by atoms with van der Waals surface area (Å²) in [7, 11) is 0. The molecule has 0 saturated heterocycles. The van der Waals surface area contributed by atoms with Gasteiger partial charge in [0.05, 0.1) is 5.56 Å². The topological polar surface area (TPSA) is 46.5 Å². The monoisotopic (exact) mass is 426 g/mol. The van der Waals surface area contributed by atoms with Gasteiger partial charge < -0.3 is 9.84 Å². The van der Waals surface area contributed by atoms with Gasteiger partial charge in [-0.15, -0.1) is 0 Å². The summed E-state index contributed by atoms with van der Waals surface area (Å²) in [6.45, 7) is 6.19. The first-order valence-electron chi connectivity index (χ1n) is 10.5. The summed E-state index contributed by atoms with van der Waals surface area (Å²) >= 11 is 0. The third kappa shape index (κ3) is 4.43. The maximum atomic E-state index is 13.9. The molecule has 0 unspecified atom stereocenters. The Labute approximate surface area is 187 Å². The van der Waals surface area contributed by atoms with Gasteiger partial charge in [-0.05, 0) is 79.4 Å². The number of carbonyl (C=O) groups is 1. The summed E-state index contributed by atoms with van der Waals surface area (Å²) in [6.07, 6.45) is 3.10. The average Bonchev–Trinajstić information content (AvgIpc) is 2.76. The smallest absolute Gasteiger partial charge is 0.338 e. The fourth-order valence-electron chi connectivity index (χ4n) is 3.71. The zero-order valence-electron chi connectivity index (χ0n) is 18.2. The van der Waals surface area contributed by atoms with Gasteiger partial charge >= 0.3 is 5.97 Å². The predicted molar refractivity (Wildman–Crippen MR) is 123 cm³/mol. The predicted octanol–water partition coefficient (Wildman–Crippen LogP) is 6.09. The molecule has 0 atom stereocenters. The van der Waals surface area contributed by atoms with Crippen LogP contribution in [0.5, 0.6) is 5.75 Å². The molecule has 0 amide bonds. The molecule has 0 aromatic heterocycles. The van der Waals surface area contributed by atoms with Crippen molar-refractivity contribution in [2.45, 2.75) is 32.8 Å². The van der Waals surface area contributed by atoms with Crippen molar-refractivity contribution in [3.05, 3.63) is 106 Å². The first kappa shape index (κ1) is 21.4. The Balaban J connectivity index is 1.72. The second kappa shape index (κ2) is 8.36. The van der Waals surface area contributed by atoms with Crippen molar-refractivity contribution in [1.29, 1.82) is 0 Å². The van der Waals surface area contributed by atoms with E-state index in [1.807, 2.05) is 32.0 Å². The molecule has 0 saturated carbocycles. The van der Waals surface area contributed by atoms with E-state index in [0.29, 0.717) is 5.56 Å². The van der Waals surface area contributed by atoms with Crippen molar-refractivity contribution in [1.82, 2.24) is 0 Å². The van der Waals surface area contributed by atoms with Gasteiger partial charge in [-0.3, -0.25) is 0 Å². The van der Waals surface area contributed by atoms with E-state index in [0.717, 1.165) is 40.5 Å². The lowest BCUT2D eigenvalue weighted by Gasteiger charge is -2.31. The van der Waals surface area contributed by atoms with Crippen LogP contribution in [0.2, 0.25) is 0 Å². The number of carboxylic acid groups (broad SMARTS) is 1. The van der Waals surface area contributed by atoms with E-state index < -0.39 is 17.4 Å². The van der Waals surface area contributed by atoms with E-state index >= 15 is 0 Å². The Morgan fingerprint density at radius 3 is 2.28 bits per heavy atom. The molecule has 0 aliphatic carbocycles. The number of hydrogen-bond donors (Lipinski definition) is 1. The molecule has 3 aromatic rings. The van der Waals surface area contributed by atoms with E-state index in [4.69, 9.17) is 9.84 Å². The molecule has 1 heterocycles. The Hall–Kier alpha value is -3.84. The molecule has 0 fully saturated rings. The number of carboxylic acids is 1. The van der Waals surface area contributed by atoms with Crippen LogP contribution in [0.3, 0.4) is 0 Å². The van der Waals surface area contributed by atoms with Crippen LogP contribution in [-0.2, 0) is 6.42 Å². The summed E-state index contributed by atoms with van der Waals surface area (Å²) in [5.74, 6) is 4.66. The molecule has 160 valence electrons. The Kier molecular flexibility index (Phi) is 5.59. The summed E-state index contributed by atoms with van der Waals surface area (Å²) in [4.78, 5) is 11.0. The number of aromatic carboxylic acids is 1. The van der Waals surface area contributed by atoms with Crippen molar-refractivity contribution in [2.24, 2.45) is 0 Å². The van der Waals surface area contributed by atoms with Crippen LogP contribution in [0.4, 0.5) is 4.39 Å². The normalized spacial score (nSPS) is 13.8. The fraction of sp³-hybridized carbons (Fsp3) is 0.179. The first-order valence-corrected chi connectivity index (χ1v) is 10.5. The third-order valence-corrected chi connectivity index (χ3v) is 5.36. The summed E-state index contributed by atoms with van der Waals surface area (Å²) in [6, 6.07) is 18.1. The number of rotatable bonds is 3. The number of benzene rings is 3. The highest BCUT2D eigenvalue weighted by molar-refractivity contribution is 5.88. The molecular formula is C28H23FO3. The van der Waals surface area contributed by atoms with Gasteiger partial charge in [0, 0.05) is 16.7 Å². The molecule has 4 rings (SSSR count). The van der Waals surface area contributed by atoms with Crippen molar-refractivity contribution in [3.8, 4) is 17.6 Å². The minimum absolute atomic E-state index is 0.368. The van der Waals surface area contributed by atoms with Crippen molar-refractivity contribution in [3.63, 3.8) is 0 Å². The zero-order valence-corrected chi connectivity index (χ0v) is 18.2. The lowest BCUT2D eigenvalue weighted by atomic mass is 9.88. The highest BCUT2D eigenvalue weighted by atomic mass is 19.1. The molecule has 4 heteroatoms. The lowest BCUT2D eigenvalue weighted by Crippen LogP contribution is -2.29. The second-order valence-corrected chi connectivity index (χ2v) is 8.27. The van der Waals surface area contributed by atoms with Crippen LogP contribution >= 0.6 is 0 Å². The van der Waals surface area contributed by atoms with E-state index in [1.165, 1.54) is 17.7 Å². The largest absolute Gasteiger partial charge is 0.483 e. The quantitative estimate of drug-likeness (QED) is 0.516. The second-order valence-electron chi connectivity index (χ2n) is 8.27. The summed E-state index contributed by atoms with van der Waals surface area (Å²) in [5.41, 5.74) is 4.78. The third-order valence-electron chi connectivity index (χ3n) is 5.36. The number of ether oxygens (including phenoxy) is 1. The molecule has 0 bridgehead atoms. The van der Waals surface area contributed by atoms with Crippen LogP contribution in [-0.4, -0.2) is 16.7 Å². The van der Waals surface area contributed by atoms with Gasteiger partial charge in [0.25, 0.3) is 0 Å². The molecule has 1 aliphatic heterocycles. The van der Waals surface area contributed by atoms with E-state index in [2.05, 4.69) is 49.1 Å². The van der Waals surface area contributed by atoms with E-state index in [9.17, 15) is 9.18 Å². The van der Waals surface area contributed by atoms with Gasteiger partial charge in [-0.1, -0.05) is 43.0 Å². The highest BCUT2D eigenvalue weighted by Gasteiger charge is 2.27. The van der Waals surface area contributed by atoms with Crippen LogP contribution in [0.1, 0.15) is 58.9 Å². The fourth-order valence-corrected chi connectivity index (χ4v) is 3.71. The molecule has 1 N–H and O–H groups in total. The van der Waals surface area contributed by atoms with Crippen LogP contribution < -0.4 is 4.74 Å². The number of aryl methyl sites for hydroxylation is 1. The van der Waals surface area contributed by atoms with Crippen molar-refractivity contribution >= 4 is 11.5 Å². The SMILES string of the molecule is CCc1ccc(C2=CC(C)(C)Oc3ccc(C#Cc4ccc(C(=O)O)c(F)c4)cc32)cc1. The van der Waals surface area contributed by atoms with Gasteiger partial charge in [-0.25, -0.2) is 9.18 Å². The number of fused-ring (bicyclic) bond motifs is 1. The summed E-state index contributed by atoms with van der Waals surface area (Å²) < 4.78 is 20.1. The highest BCUT2D eigenvalue weighted by Crippen LogP contribution is 2.39. The van der Waals surface area contributed by atoms with Crippen LogP contribution in [0, 0.1) is 17.7 Å². The molecule has 3 aromatic carbocycles. The van der Waals surface area contributed by atoms with Gasteiger partial charge in [0.2, 0.25) is 0 Å². The van der Waals surface area contributed by atoms with Gasteiger partial charge in [-0.2, -0.15) is 0 Å². The van der Waals surface area contributed by atoms with E-state index in [1.54, 1.807) is 0 Å². The Morgan fingerprint density at radius 2 is 1.66 bits per heavy atom. The Bertz CT molecular complexity index is 1290. The zero-order chi connectivity index (χ0) is 22.9. The van der Waals surface area contributed by atoms with Crippen molar-refractivity contribution in [2.75, 3.05) is 0 Å². The maximum absolute atomic E-state index is 13.9. The summed E-state index contributed by atoms with van der Waals surface area (Å²) in [5, 5.41) is 8.97. The van der Waals surface area contributed by atoms with Gasteiger partial charge in [0.1, 0.15) is 17.2 Å². The molecule has 0 spiro atoms. The maximum Gasteiger partial charge on any atom is 0.338 e. The van der Waals surface area contributed by atoms with Crippen LogP contribution in [0.15, 0.2) is 66.7 Å². The lowest BCUT2D eigenvalue weighted by molar-refractivity contribution is 0.0692. The molecule has 32 heavy (non-hydrogen) atoms. The number of hydrogen-bond acceptors (Lipinski definition) is 2. The van der Waals surface area contributed by atoms with Crippen LogP contribution in [0.25, 0.3) is 5.57 Å². The van der Waals surface area contributed by atoms with Gasteiger partial charge in [0.15, 0.2) is 0 Å². The van der Waals surface area contributed by atoms with E-state index in [-0.39, 0.29) is 5.56 Å². The number of halogens is 1. The van der Waals surface area contributed by atoms with Crippen molar-refractivity contribution < 1.29 is 19.0 Å². The minimum Gasteiger partial charge on any atom is -0.483 e.